The zero-order valence-corrected chi connectivity index (χ0v) is 20.1. The van der Waals surface area contributed by atoms with Gasteiger partial charge in [0.05, 0.1) is 6.54 Å². The molecule has 30 heavy (non-hydrogen) atoms. The van der Waals surface area contributed by atoms with Crippen LogP contribution in [0.15, 0.2) is 53.5 Å². The van der Waals surface area contributed by atoms with Crippen molar-refractivity contribution in [2.24, 2.45) is 10.7 Å². The maximum atomic E-state index is 10.8. The van der Waals surface area contributed by atoms with E-state index in [0.717, 1.165) is 38.3 Å². The summed E-state index contributed by atoms with van der Waals surface area (Å²) < 4.78 is 5.28. The van der Waals surface area contributed by atoms with E-state index in [1.807, 2.05) is 24.3 Å². The van der Waals surface area contributed by atoms with Gasteiger partial charge in [-0.25, -0.2) is 4.99 Å². The lowest BCUT2D eigenvalue weighted by Crippen LogP contribution is -2.39. The Hall–Kier alpha value is -2.29. The lowest BCUT2D eigenvalue weighted by molar-refractivity contribution is -0.119. The summed E-state index contributed by atoms with van der Waals surface area (Å²) in [5.41, 5.74) is 8.71. The van der Waals surface area contributed by atoms with Crippen LogP contribution in [0.5, 0.6) is 5.75 Å². The first kappa shape index (κ1) is 25.7. The fourth-order valence-electron chi connectivity index (χ4n) is 2.65. The average Bonchev–Trinajstić information content (AvgIpc) is 2.72. The van der Waals surface area contributed by atoms with Crippen molar-refractivity contribution in [2.45, 2.75) is 39.7 Å². The van der Waals surface area contributed by atoms with Gasteiger partial charge >= 0.3 is 0 Å². The molecule has 6 nitrogen and oxygen atoms in total. The number of benzene rings is 2. The molecule has 7 heteroatoms. The van der Waals surface area contributed by atoms with Crippen LogP contribution < -0.4 is 21.1 Å². The summed E-state index contributed by atoms with van der Waals surface area (Å²) >= 11 is 0. The van der Waals surface area contributed by atoms with Crippen LogP contribution in [0.4, 0.5) is 0 Å². The van der Waals surface area contributed by atoms with Crippen LogP contribution in [0.25, 0.3) is 0 Å². The van der Waals surface area contributed by atoms with Gasteiger partial charge in [0.2, 0.25) is 0 Å². The fourth-order valence-corrected chi connectivity index (χ4v) is 2.65. The predicted octanol–water partition coefficient (Wildman–Crippen LogP) is 3.56. The number of hydrogen-bond donors (Lipinski definition) is 3. The smallest absolute Gasteiger partial charge is 0.255 e. The predicted molar refractivity (Wildman–Crippen MR) is 133 cm³/mol. The number of aryl methyl sites for hydroxylation is 1. The number of nitrogens with two attached hydrogens (primary N) is 1. The number of amides is 1. The number of halogens is 1. The number of hydrogen-bond acceptors (Lipinski definition) is 3. The Kier molecular flexibility index (Phi) is 12.6. The minimum Gasteiger partial charge on any atom is -0.484 e. The quantitative estimate of drug-likeness (QED) is 0.182. The Labute approximate surface area is 196 Å². The average molecular weight is 524 g/mol. The number of primary amides is 1. The first-order valence-corrected chi connectivity index (χ1v) is 10.1. The van der Waals surface area contributed by atoms with Crippen molar-refractivity contribution in [3.8, 4) is 5.75 Å². The first-order chi connectivity index (χ1) is 14.1. The van der Waals surface area contributed by atoms with Crippen molar-refractivity contribution < 1.29 is 9.53 Å². The van der Waals surface area contributed by atoms with Crippen LogP contribution >= 0.6 is 24.0 Å². The van der Waals surface area contributed by atoms with Crippen molar-refractivity contribution in [3.05, 3.63) is 65.2 Å². The zero-order valence-electron chi connectivity index (χ0n) is 17.8. The third-order valence-corrected chi connectivity index (χ3v) is 4.37. The second-order valence-corrected chi connectivity index (χ2v) is 7.01. The zero-order chi connectivity index (χ0) is 20.9. The topological polar surface area (TPSA) is 88.7 Å². The van der Waals surface area contributed by atoms with E-state index in [2.05, 4.69) is 48.7 Å². The van der Waals surface area contributed by atoms with E-state index in [1.165, 1.54) is 16.7 Å². The molecule has 0 bridgehead atoms. The normalized spacial score (nSPS) is 10.8. The molecule has 1 amide bonds. The maximum absolute atomic E-state index is 10.8. The third-order valence-electron chi connectivity index (χ3n) is 4.37. The number of nitrogens with one attached hydrogen (secondary N) is 2. The molecule has 0 atom stereocenters. The van der Waals surface area contributed by atoms with E-state index in [4.69, 9.17) is 15.5 Å². The summed E-state index contributed by atoms with van der Waals surface area (Å²) in [4.78, 5) is 15.5. The minimum atomic E-state index is -0.480. The van der Waals surface area contributed by atoms with E-state index in [0.29, 0.717) is 12.3 Å². The standard InChI is InChI=1S/C23H32N4O2.HI/c1-3-4-14-25-23(27-16-20-7-5-18(2)6-8-20)26-15-13-19-9-11-21(12-10-19)29-17-22(24)28;/h5-12H,3-4,13-17H2,1-2H3,(H2,24,28)(H2,25,26,27);1H. The summed E-state index contributed by atoms with van der Waals surface area (Å²) in [5.74, 6) is 0.994. The van der Waals surface area contributed by atoms with Crippen LogP contribution in [0.3, 0.4) is 0 Å². The molecule has 0 radical (unpaired) electrons. The molecule has 164 valence electrons. The molecule has 0 aliphatic carbocycles. The van der Waals surface area contributed by atoms with Crippen molar-refractivity contribution in [2.75, 3.05) is 19.7 Å². The number of carbonyl (C=O) groups excluding carboxylic acids is 1. The van der Waals surface area contributed by atoms with Crippen molar-refractivity contribution in [3.63, 3.8) is 0 Å². The lowest BCUT2D eigenvalue weighted by atomic mass is 10.1. The van der Waals surface area contributed by atoms with E-state index < -0.39 is 5.91 Å². The number of unbranched alkanes of at least 4 members (excludes halogenated alkanes) is 1. The number of rotatable bonds is 11. The molecule has 0 fully saturated rings. The van der Waals surface area contributed by atoms with Gasteiger partial charge in [-0.2, -0.15) is 0 Å². The van der Waals surface area contributed by atoms with Gasteiger partial charge in [0, 0.05) is 13.1 Å². The molecule has 0 heterocycles. The fraction of sp³-hybridized carbons (Fsp3) is 0.391. The molecule has 0 saturated heterocycles. The van der Waals surface area contributed by atoms with Crippen molar-refractivity contribution in [1.29, 1.82) is 0 Å². The van der Waals surface area contributed by atoms with Crippen molar-refractivity contribution >= 4 is 35.8 Å². The van der Waals surface area contributed by atoms with E-state index >= 15 is 0 Å². The van der Waals surface area contributed by atoms with Crippen LogP contribution in [-0.2, 0) is 17.8 Å². The molecule has 0 aromatic heterocycles. The van der Waals surface area contributed by atoms with Gasteiger partial charge in [-0.15, -0.1) is 24.0 Å². The van der Waals surface area contributed by atoms with Crippen LogP contribution in [0.2, 0.25) is 0 Å². The van der Waals surface area contributed by atoms with Gasteiger partial charge < -0.3 is 21.1 Å². The molecule has 2 rings (SSSR count). The second-order valence-electron chi connectivity index (χ2n) is 7.01. The molecule has 0 unspecified atom stereocenters. The molecular weight excluding hydrogens is 491 g/mol. The Morgan fingerprint density at radius 3 is 2.27 bits per heavy atom. The van der Waals surface area contributed by atoms with Gasteiger partial charge in [0.25, 0.3) is 5.91 Å². The molecule has 2 aromatic carbocycles. The SMILES string of the molecule is CCCCNC(=NCc1ccc(C)cc1)NCCc1ccc(OCC(N)=O)cc1.I. The molecule has 0 aliphatic heterocycles. The van der Waals surface area contributed by atoms with Crippen LogP contribution in [-0.4, -0.2) is 31.6 Å². The van der Waals surface area contributed by atoms with E-state index in [-0.39, 0.29) is 30.6 Å². The Balaban J connectivity index is 0.00000450. The summed E-state index contributed by atoms with van der Waals surface area (Å²) in [5, 5.41) is 6.81. The highest BCUT2D eigenvalue weighted by molar-refractivity contribution is 14.0. The largest absolute Gasteiger partial charge is 0.484 e. The van der Waals surface area contributed by atoms with Crippen LogP contribution in [0.1, 0.15) is 36.5 Å². The lowest BCUT2D eigenvalue weighted by Gasteiger charge is -2.13. The third kappa shape index (κ3) is 10.5. The van der Waals surface area contributed by atoms with Gasteiger partial charge in [-0.05, 0) is 43.0 Å². The number of aliphatic imine (C=N–C) groups is 1. The molecule has 0 saturated carbocycles. The summed E-state index contributed by atoms with van der Waals surface area (Å²) in [7, 11) is 0. The Morgan fingerprint density at radius 2 is 1.63 bits per heavy atom. The Morgan fingerprint density at radius 1 is 1.00 bits per heavy atom. The monoisotopic (exact) mass is 524 g/mol. The van der Waals surface area contributed by atoms with E-state index in [1.54, 1.807) is 0 Å². The van der Waals surface area contributed by atoms with Gasteiger partial charge in [-0.1, -0.05) is 55.3 Å². The second kappa shape index (κ2) is 14.7. The highest BCUT2D eigenvalue weighted by Crippen LogP contribution is 2.12. The van der Waals surface area contributed by atoms with Crippen LogP contribution in [0, 0.1) is 6.92 Å². The number of guanidine groups is 1. The van der Waals surface area contributed by atoms with Crippen molar-refractivity contribution in [1.82, 2.24) is 10.6 Å². The molecule has 4 N–H and O–H groups in total. The maximum Gasteiger partial charge on any atom is 0.255 e. The van der Waals surface area contributed by atoms with Gasteiger partial charge in [-0.3, -0.25) is 4.79 Å². The number of ether oxygens (including phenoxy) is 1. The summed E-state index contributed by atoms with van der Waals surface area (Å²) in [6.07, 6.45) is 3.11. The minimum absolute atomic E-state index is 0. The molecule has 2 aromatic rings. The molecule has 0 spiro atoms. The summed E-state index contributed by atoms with van der Waals surface area (Å²) in [6, 6.07) is 16.1. The van der Waals surface area contributed by atoms with Gasteiger partial charge in [0.1, 0.15) is 5.75 Å². The highest BCUT2D eigenvalue weighted by atomic mass is 127. The number of carbonyl (C=O) groups is 1. The first-order valence-electron chi connectivity index (χ1n) is 10.1. The molecular formula is C23H33IN4O2. The number of nitrogens with zero attached hydrogens (tertiary/aromatic N) is 1. The van der Waals surface area contributed by atoms with E-state index in [9.17, 15) is 4.79 Å². The Bertz CT molecular complexity index is 777. The summed E-state index contributed by atoms with van der Waals surface area (Å²) in [6.45, 7) is 6.48. The molecule has 0 aliphatic rings. The highest BCUT2D eigenvalue weighted by Gasteiger charge is 2.01. The van der Waals surface area contributed by atoms with Gasteiger partial charge in [0.15, 0.2) is 12.6 Å².